The Kier molecular flexibility index (Phi) is 3.32. The highest BCUT2D eigenvalue weighted by molar-refractivity contribution is 6.06. The molecule has 1 saturated heterocycles. The number of carbonyl (C=O) groups is 1. The van der Waals surface area contributed by atoms with E-state index in [0.29, 0.717) is 12.1 Å². The topological polar surface area (TPSA) is 51.5 Å². The van der Waals surface area contributed by atoms with Gasteiger partial charge in [-0.05, 0) is 24.5 Å². The standard InChI is InChI=1S/C16H17NO3/c1-2-11-5-3-7-14-15(11)13(16(18)19)10-17(14)9-12-6-4-8-20-12/h2-3,5,7,10,12H,1,4,6,8-9H2,(H,18,19). The van der Waals surface area contributed by atoms with Crippen LogP contribution >= 0.6 is 0 Å². The van der Waals surface area contributed by atoms with E-state index < -0.39 is 5.97 Å². The third-order valence-corrected chi connectivity index (χ3v) is 3.81. The van der Waals surface area contributed by atoms with E-state index in [9.17, 15) is 9.90 Å². The van der Waals surface area contributed by atoms with E-state index >= 15 is 0 Å². The van der Waals surface area contributed by atoms with Crippen molar-refractivity contribution in [3.8, 4) is 0 Å². The van der Waals surface area contributed by atoms with Crippen LogP contribution in [0.1, 0.15) is 28.8 Å². The molecule has 1 aromatic carbocycles. The van der Waals surface area contributed by atoms with Gasteiger partial charge in [-0.3, -0.25) is 0 Å². The molecule has 0 radical (unpaired) electrons. The molecule has 1 fully saturated rings. The van der Waals surface area contributed by atoms with Gasteiger partial charge in [-0.15, -0.1) is 0 Å². The van der Waals surface area contributed by atoms with E-state index in [2.05, 4.69) is 6.58 Å². The number of fused-ring (bicyclic) bond motifs is 1. The average molecular weight is 271 g/mol. The van der Waals surface area contributed by atoms with Crippen LogP contribution in [0, 0.1) is 0 Å². The van der Waals surface area contributed by atoms with Gasteiger partial charge in [0, 0.05) is 30.3 Å². The Balaban J connectivity index is 2.12. The minimum Gasteiger partial charge on any atom is -0.478 e. The van der Waals surface area contributed by atoms with E-state index in [1.807, 2.05) is 22.8 Å². The fourth-order valence-electron chi connectivity index (χ4n) is 2.87. The SMILES string of the molecule is C=Cc1cccc2c1c(C(=O)O)cn2CC1CCCO1. The highest BCUT2D eigenvalue weighted by Gasteiger charge is 2.20. The minimum atomic E-state index is -0.907. The molecule has 20 heavy (non-hydrogen) atoms. The molecule has 2 heterocycles. The molecule has 1 N–H and O–H groups in total. The zero-order valence-corrected chi connectivity index (χ0v) is 11.2. The zero-order valence-electron chi connectivity index (χ0n) is 11.2. The monoisotopic (exact) mass is 271 g/mol. The molecule has 1 aliphatic rings. The van der Waals surface area contributed by atoms with Crippen LogP contribution in [0.3, 0.4) is 0 Å². The summed E-state index contributed by atoms with van der Waals surface area (Å²) < 4.78 is 7.63. The zero-order chi connectivity index (χ0) is 14.1. The van der Waals surface area contributed by atoms with Crippen LogP contribution in [0.4, 0.5) is 0 Å². The predicted molar refractivity (Wildman–Crippen MR) is 78.0 cm³/mol. The van der Waals surface area contributed by atoms with E-state index in [-0.39, 0.29) is 6.10 Å². The number of hydrogen-bond acceptors (Lipinski definition) is 2. The van der Waals surface area contributed by atoms with Crippen molar-refractivity contribution in [2.75, 3.05) is 6.61 Å². The van der Waals surface area contributed by atoms with Crippen molar-refractivity contribution in [1.82, 2.24) is 4.57 Å². The van der Waals surface area contributed by atoms with E-state index in [1.54, 1.807) is 12.3 Å². The lowest BCUT2D eigenvalue weighted by Gasteiger charge is -2.11. The van der Waals surface area contributed by atoms with Crippen molar-refractivity contribution in [1.29, 1.82) is 0 Å². The molecule has 0 spiro atoms. The number of rotatable bonds is 4. The molecule has 4 nitrogen and oxygen atoms in total. The summed E-state index contributed by atoms with van der Waals surface area (Å²) in [6.07, 6.45) is 5.70. The lowest BCUT2D eigenvalue weighted by atomic mass is 10.1. The summed E-state index contributed by atoms with van der Waals surface area (Å²) in [4.78, 5) is 11.5. The number of benzene rings is 1. The molecular weight excluding hydrogens is 254 g/mol. The Labute approximate surface area is 117 Å². The first-order valence-corrected chi connectivity index (χ1v) is 6.80. The van der Waals surface area contributed by atoms with Crippen LogP contribution in [0.5, 0.6) is 0 Å². The Morgan fingerprint density at radius 1 is 1.55 bits per heavy atom. The smallest absolute Gasteiger partial charge is 0.337 e. The summed E-state index contributed by atoms with van der Waals surface area (Å²) in [5.74, 6) is -0.907. The van der Waals surface area contributed by atoms with Crippen LogP contribution in [-0.4, -0.2) is 28.4 Å². The Hall–Kier alpha value is -2.07. The van der Waals surface area contributed by atoms with Gasteiger partial charge in [-0.25, -0.2) is 4.79 Å². The lowest BCUT2D eigenvalue weighted by Crippen LogP contribution is -2.14. The summed E-state index contributed by atoms with van der Waals surface area (Å²) in [6.45, 7) is 5.27. The van der Waals surface area contributed by atoms with Crippen LogP contribution in [0.25, 0.3) is 17.0 Å². The fourth-order valence-corrected chi connectivity index (χ4v) is 2.87. The van der Waals surface area contributed by atoms with Gasteiger partial charge < -0.3 is 14.4 Å². The first kappa shape index (κ1) is 12.9. The van der Waals surface area contributed by atoms with Crippen LogP contribution < -0.4 is 0 Å². The maximum Gasteiger partial charge on any atom is 0.337 e. The molecule has 1 unspecified atom stereocenters. The molecule has 2 aromatic rings. The molecular formula is C16H17NO3. The first-order chi connectivity index (χ1) is 9.70. The molecule has 3 rings (SSSR count). The summed E-state index contributed by atoms with van der Waals surface area (Å²) in [6, 6.07) is 5.76. The van der Waals surface area contributed by atoms with Crippen molar-refractivity contribution in [2.45, 2.75) is 25.5 Å². The van der Waals surface area contributed by atoms with Gasteiger partial charge in [0.1, 0.15) is 0 Å². The second-order valence-electron chi connectivity index (χ2n) is 5.08. The molecule has 0 aliphatic carbocycles. The summed E-state index contributed by atoms with van der Waals surface area (Å²) >= 11 is 0. The van der Waals surface area contributed by atoms with Gasteiger partial charge in [0.2, 0.25) is 0 Å². The summed E-state index contributed by atoms with van der Waals surface area (Å²) in [5, 5.41) is 10.2. The van der Waals surface area contributed by atoms with E-state index in [0.717, 1.165) is 35.9 Å². The highest BCUT2D eigenvalue weighted by atomic mass is 16.5. The fraction of sp³-hybridized carbons (Fsp3) is 0.312. The second kappa shape index (κ2) is 5.13. The number of carboxylic acid groups (broad SMARTS) is 1. The van der Waals surface area contributed by atoms with Gasteiger partial charge in [-0.2, -0.15) is 0 Å². The Morgan fingerprint density at radius 2 is 2.40 bits per heavy atom. The number of nitrogens with zero attached hydrogens (tertiary/aromatic N) is 1. The molecule has 0 amide bonds. The number of carboxylic acids is 1. The van der Waals surface area contributed by atoms with Crippen LogP contribution in [0.15, 0.2) is 31.0 Å². The van der Waals surface area contributed by atoms with Gasteiger partial charge in [-0.1, -0.05) is 24.8 Å². The summed E-state index contributed by atoms with van der Waals surface area (Å²) in [7, 11) is 0. The average Bonchev–Trinajstić information content (AvgIpc) is 3.07. The van der Waals surface area contributed by atoms with Crippen molar-refractivity contribution in [2.24, 2.45) is 0 Å². The molecule has 0 saturated carbocycles. The summed E-state index contributed by atoms with van der Waals surface area (Å²) in [5.41, 5.74) is 2.11. The highest BCUT2D eigenvalue weighted by Crippen LogP contribution is 2.27. The molecule has 1 aliphatic heterocycles. The number of aromatic nitrogens is 1. The number of ether oxygens (including phenoxy) is 1. The van der Waals surface area contributed by atoms with E-state index in [4.69, 9.17) is 4.74 Å². The van der Waals surface area contributed by atoms with Crippen molar-refractivity contribution in [3.63, 3.8) is 0 Å². The van der Waals surface area contributed by atoms with Gasteiger partial charge >= 0.3 is 5.97 Å². The third-order valence-electron chi connectivity index (χ3n) is 3.81. The van der Waals surface area contributed by atoms with Gasteiger partial charge in [0.25, 0.3) is 0 Å². The maximum atomic E-state index is 11.5. The molecule has 1 atom stereocenters. The van der Waals surface area contributed by atoms with Crippen molar-refractivity contribution in [3.05, 3.63) is 42.1 Å². The maximum absolute atomic E-state index is 11.5. The second-order valence-corrected chi connectivity index (χ2v) is 5.08. The number of hydrogen-bond donors (Lipinski definition) is 1. The van der Waals surface area contributed by atoms with E-state index in [1.165, 1.54) is 0 Å². The number of aromatic carboxylic acids is 1. The van der Waals surface area contributed by atoms with Crippen LogP contribution in [-0.2, 0) is 11.3 Å². The first-order valence-electron chi connectivity index (χ1n) is 6.80. The van der Waals surface area contributed by atoms with Crippen molar-refractivity contribution >= 4 is 22.9 Å². The molecule has 0 bridgehead atoms. The van der Waals surface area contributed by atoms with Gasteiger partial charge in [0.05, 0.1) is 11.7 Å². The van der Waals surface area contributed by atoms with Crippen molar-refractivity contribution < 1.29 is 14.6 Å². The normalized spacial score (nSPS) is 18.5. The molecule has 1 aromatic heterocycles. The third kappa shape index (κ3) is 2.12. The van der Waals surface area contributed by atoms with Gasteiger partial charge in [0.15, 0.2) is 0 Å². The van der Waals surface area contributed by atoms with Crippen LogP contribution in [0.2, 0.25) is 0 Å². The Morgan fingerprint density at radius 3 is 3.05 bits per heavy atom. The minimum absolute atomic E-state index is 0.180. The predicted octanol–water partition coefficient (Wildman–Crippen LogP) is 3.16. The molecule has 4 heteroatoms. The Bertz CT molecular complexity index is 666. The quantitative estimate of drug-likeness (QED) is 0.929. The lowest BCUT2D eigenvalue weighted by molar-refractivity contribution is 0.0697. The largest absolute Gasteiger partial charge is 0.478 e. The molecule has 104 valence electrons.